The first-order valence-electron chi connectivity index (χ1n) is 5.82. The molecular weight excluding hydrogens is 248 g/mol. The van der Waals surface area contributed by atoms with Crippen LogP contribution in [0.15, 0.2) is 24.4 Å². The zero-order valence-electron chi connectivity index (χ0n) is 10.3. The molecule has 6 nitrogen and oxygen atoms in total. The van der Waals surface area contributed by atoms with Crippen molar-refractivity contribution in [1.82, 2.24) is 9.78 Å². The third kappa shape index (κ3) is 2.01. The van der Waals surface area contributed by atoms with E-state index in [2.05, 4.69) is 5.10 Å². The van der Waals surface area contributed by atoms with E-state index in [0.29, 0.717) is 36.0 Å². The van der Waals surface area contributed by atoms with Crippen molar-refractivity contribution >= 4 is 5.97 Å². The molecule has 0 saturated heterocycles. The van der Waals surface area contributed by atoms with Crippen LogP contribution >= 0.6 is 0 Å². The summed E-state index contributed by atoms with van der Waals surface area (Å²) in [7, 11) is 1.69. The molecule has 0 saturated carbocycles. The first kappa shape index (κ1) is 11.6. The lowest BCUT2D eigenvalue weighted by Gasteiger charge is -2.18. The first-order valence-corrected chi connectivity index (χ1v) is 5.82. The summed E-state index contributed by atoms with van der Waals surface area (Å²) in [5, 5.41) is 13.4. The summed E-state index contributed by atoms with van der Waals surface area (Å²) in [6.45, 7) is 1.01. The quantitative estimate of drug-likeness (QED) is 0.887. The lowest BCUT2D eigenvalue weighted by atomic mass is 10.1. The highest BCUT2D eigenvalue weighted by Gasteiger charge is 2.19. The number of ether oxygens (including phenoxy) is 2. The van der Waals surface area contributed by atoms with Crippen LogP contribution in [0.5, 0.6) is 11.5 Å². The van der Waals surface area contributed by atoms with Crippen molar-refractivity contribution in [2.75, 3.05) is 13.2 Å². The number of aromatic carboxylic acids is 1. The Hall–Kier alpha value is -2.50. The van der Waals surface area contributed by atoms with E-state index in [1.54, 1.807) is 25.2 Å². The highest BCUT2D eigenvalue weighted by molar-refractivity contribution is 5.94. The van der Waals surface area contributed by atoms with E-state index < -0.39 is 5.97 Å². The molecule has 3 rings (SSSR count). The lowest BCUT2D eigenvalue weighted by Crippen LogP contribution is -2.15. The highest BCUT2D eigenvalue weighted by atomic mass is 16.6. The minimum Gasteiger partial charge on any atom is -0.486 e. The molecular formula is C13H12N2O4. The van der Waals surface area contributed by atoms with Gasteiger partial charge in [-0.3, -0.25) is 4.68 Å². The molecule has 1 aliphatic rings. The number of carboxylic acid groups (broad SMARTS) is 1. The van der Waals surface area contributed by atoms with Gasteiger partial charge in [-0.15, -0.1) is 0 Å². The largest absolute Gasteiger partial charge is 0.486 e. The average Bonchev–Trinajstić information content (AvgIpc) is 2.80. The van der Waals surface area contributed by atoms with Crippen LogP contribution in [0, 0.1) is 0 Å². The maximum Gasteiger partial charge on any atom is 0.339 e. The molecule has 1 aromatic heterocycles. The van der Waals surface area contributed by atoms with Gasteiger partial charge < -0.3 is 14.6 Å². The zero-order chi connectivity index (χ0) is 13.4. The summed E-state index contributed by atoms with van der Waals surface area (Å²) in [6.07, 6.45) is 1.48. The highest BCUT2D eigenvalue weighted by Crippen LogP contribution is 2.34. The smallest absolute Gasteiger partial charge is 0.339 e. The average molecular weight is 260 g/mol. The predicted molar refractivity (Wildman–Crippen MR) is 66.6 cm³/mol. The number of carboxylic acids is 1. The van der Waals surface area contributed by atoms with Crippen LogP contribution in [-0.4, -0.2) is 34.1 Å². The molecule has 0 fully saturated rings. The van der Waals surface area contributed by atoms with Crippen LogP contribution in [0.1, 0.15) is 10.4 Å². The lowest BCUT2D eigenvalue weighted by molar-refractivity contribution is 0.0697. The van der Waals surface area contributed by atoms with Gasteiger partial charge in [0, 0.05) is 18.8 Å². The van der Waals surface area contributed by atoms with Crippen molar-refractivity contribution in [2.45, 2.75) is 0 Å². The van der Waals surface area contributed by atoms with Crippen molar-refractivity contribution in [3.63, 3.8) is 0 Å². The van der Waals surface area contributed by atoms with Gasteiger partial charge in [0.25, 0.3) is 0 Å². The van der Waals surface area contributed by atoms with Crippen molar-refractivity contribution in [1.29, 1.82) is 0 Å². The minimum absolute atomic E-state index is 0.166. The standard InChI is InChI=1S/C13H12N2O4/c1-15-7-9(13(16)17)12(14-15)8-2-3-10-11(6-8)19-5-4-18-10/h2-3,6-7H,4-5H2,1H3,(H,16,17). The van der Waals surface area contributed by atoms with Gasteiger partial charge >= 0.3 is 5.97 Å². The Morgan fingerprint density at radius 1 is 1.32 bits per heavy atom. The molecule has 19 heavy (non-hydrogen) atoms. The van der Waals surface area contributed by atoms with E-state index in [-0.39, 0.29) is 5.56 Å². The molecule has 1 N–H and O–H groups in total. The topological polar surface area (TPSA) is 73.6 Å². The van der Waals surface area contributed by atoms with E-state index in [1.807, 2.05) is 0 Å². The number of aryl methyl sites for hydroxylation is 1. The third-order valence-electron chi connectivity index (χ3n) is 2.87. The minimum atomic E-state index is -1.00. The second kappa shape index (κ2) is 4.31. The van der Waals surface area contributed by atoms with E-state index in [0.717, 1.165) is 0 Å². The Morgan fingerprint density at radius 2 is 2.05 bits per heavy atom. The number of aromatic nitrogens is 2. The van der Waals surface area contributed by atoms with Crippen LogP contribution in [0.2, 0.25) is 0 Å². The number of hydrogen-bond acceptors (Lipinski definition) is 4. The van der Waals surface area contributed by atoms with Gasteiger partial charge in [0.2, 0.25) is 0 Å². The molecule has 98 valence electrons. The Kier molecular flexibility index (Phi) is 2.63. The molecule has 6 heteroatoms. The molecule has 2 heterocycles. The summed E-state index contributed by atoms with van der Waals surface area (Å²) in [4.78, 5) is 11.2. The van der Waals surface area contributed by atoms with E-state index in [9.17, 15) is 4.79 Å². The van der Waals surface area contributed by atoms with Gasteiger partial charge in [-0.25, -0.2) is 4.79 Å². The second-order valence-corrected chi connectivity index (χ2v) is 4.23. The zero-order valence-corrected chi connectivity index (χ0v) is 10.3. The first-order chi connectivity index (χ1) is 9.15. The van der Waals surface area contributed by atoms with Crippen molar-refractivity contribution < 1.29 is 19.4 Å². The number of rotatable bonds is 2. The van der Waals surface area contributed by atoms with E-state index in [1.165, 1.54) is 10.9 Å². The van der Waals surface area contributed by atoms with Crippen molar-refractivity contribution in [3.05, 3.63) is 30.0 Å². The summed E-state index contributed by atoms with van der Waals surface area (Å²) in [6, 6.07) is 5.30. The van der Waals surface area contributed by atoms with Gasteiger partial charge in [0.15, 0.2) is 11.5 Å². The van der Waals surface area contributed by atoms with E-state index >= 15 is 0 Å². The fourth-order valence-electron chi connectivity index (χ4n) is 2.05. The normalized spacial score (nSPS) is 13.3. The summed E-state index contributed by atoms with van der Waals surface area (Å²) in [5.41, 5.74) is 1.29. The molecule has 1 aromatic carbocycles. The SMILES string of the molecule is Cn1cc(C(=O)O)c(-c2ccc3c(c2)OCCO3)n1. The number of carbonyl (C=O) groups is 1. The Balaban J connectivity index is 2.09. The molecule has 2 aromatic rings. The Bertz CT molecular complexity index is 648. The number of benzene rings is 1. The maximum absolute atomic E-state index is 11.2. The van der Waals surface area contributed by atoms with Crippen LogP contribution in [0.25, 0.3) is 11.3 Å². The monoisotopic (exact) mass is 260 g/mol. The fraction of sp³-hybridized carbons (Fsp3) is 0.231. The molecule has 0 unspecified atom stereocenters. The van der Waals surface area contributed by atoms with Crippen LogP contribution in [0.3, 0.4) is 0 Å². The molecule has 0 spiro atoms. The van der Waals surface area contributed by atoms with Gasteiger partial charge in [0.1, 0.15) is 24.5 Å². The number of fused-ring (bicyclic) bond motifs is 1. The van der Waals surface area contributed by atoms with Crippen LogP contribution in [0.4, 0.5) is 0 Å². The van der Waals surface area contributed by atoms with Gasteiger partial charge in [-0.05, 0) is 18.2 Å². The Morgan fingerprint density at radius 3 is 2.79 bits per heavy atom. The molecule has 0 radical (unpaired) electrons. The number of hydrogen-bond donors (Lipinski definition) is 1. The summed E-state index contributed by atoms with van der Waals surface area (Å²) in [5.74, 6) is 0.284. The summed E-state index contributed by atoms with van der Waals surface area (Å²) >= 11 is 0. The molecule has 0 bridgehead atoms. The molecule has 1 aliphatic heterocycles. The van der Waals surface area contributed by atoms with Crippen LogP contribution < -0.4 is 9.47 Å². The van der Waals surface area contributed by atoms with E-state index in [4.69, 9.17) is 14.6 Å². The van der Waals surface area contributed by atoms with Gasteiger partial charge in [-0.1, -0.05) is 0 Å². The Labute approximate surface area is 109 Å². The van der Waals surface area contributed by atoms with Crippen LogP contribution in [-0.2, 0) is 7.05 Å². The molecule has 0 amide bonds. The van der Waals surface area contributed by atoms with Gasteiger partial charge in [-0.2, -0.15) is 5.10 Å². The maximum atomic E-state index is 11.2. The van der Waals surface area contributed by atoms with Gasteiger partial charge in [0.05, 0.1) is 0 Å². The predicted octanol–water partition coefficient (Wildman–Crippen LogP) is 1.56. The fourth-order valence-corrected chi connectivity index (χ4v) is 2.05. The molecule has 0 atom stereocenters. The third-order valence-corrected chi connectivity index (χ3v) is 2.87. The molecule has 0 aliphatic carbocycles. The number of nitrogens with zero attached hydrogens (tertiary/aromatic N) is 2. The summed E-state index contributed by atoms with van der Waals surface area (Å²) < 4.78 is 12.4. The second-order valence-electron chi connectivity index (χ2n) is 4.23. The van der Waals surface area contributed by atoms with Crippen molar-refractivity contribution in [3.8, 4) is 22.8 Å². The van der Waals surface area contributed by atoms with Crippen molar-refractivity contribution in [2.24, 2.45) is 7.05 Å².